The molecule has 24 heavy (non-hydrogen) atoms. The van der Waals surface area contributed by atoms with Crippen molar-refractivity contribution < 1.29 is 4.74 Å². The fraction of sp³-hybridized carbons (Fsp3) is 0.455. The van der Waals surface area contributed by atoms with Crippen LogP contribution in [0.5, 0.6) is 0 Å². The Labute approximate surface area is 146 Å². The van der Waals surface area contributed by atoms with Gasteiger partial charge < -0.3 is 4.74 Å². The molecule has 2 aromatic rings. The third-order valence-corrected chi connectivity index (χ3v) is 4.71. The van der Waals surface area contributed by atoms with Crippen LogP contribution in [0.25, 0.3) is 0 Å². The van der Waals surface area contributed by atoms with E-state index in [1.165, 1.54) is 11.1 Å². The monoisotopic (exact) mass is 323 g/mol. The summed E-state index contributed by atoms with van der Waals surface area (Å²) in [5.41, 5.74) is 2.78. The number of ether oxygens (including phenoxy) is 1. The van der Waals surface area contributed by atoms with Gasteiger partial charge in [-0.15, -0.1) is 0 Å². The molecule has 128 valence electrons. The SMILES string of the molecule is CC(C)COC1CC(N(Cc2ccccc2)Cc2ccccc2)C1. The van der Waals surface area contributed by atoms with E-state index in [-0.39, 0.29) is 0 Å². The number of hydrogen-bond acceptors (Lipinski definition) is 2. The van der Waals surface area contributed by atoms with E-state index in [4.69, 9.17) is 4.74 Å². The maximum atomic E-state index is 5.99. The standard InChI is InChI=1S/C22H29NO/c1-18(2)17-24-22-13-21(14-22)23(15-19-9-5-3-6-10-19)16-20-11-7-4-8-12-20/h3-12,18,21-22H,13-17H2,1-2H3. The van der Waals surface area contributed by atoms with Crippen LogP contribution < -0.4 is 0 Å². The van der Waals surface area contributed by atoms with E-state index >= 15 is 0 Å². The molecular weight excluding hydrogens is 294 g/mol. The van der Waals surface area contributed by atoms with Crippen LogP contribution in [-0.4, -0.2) is 23.7 Å². The molecule has 0 amide bonds. The lowest BCUT2D eigenvalue weighted by Gasteiger charge is -2.43. The van der Waals surface area contributed by atoms with Gasteiger partial charge in [0.15, 0.2) is 0 Å². The Morgan fingerprint density at radius 2 is 1.38 bits per heavy atom. The molecule has 0 bridgehead atoms. The van der Waals surface area contributed by atoms with Gasteiger partial charge in [-0.2, -0.15) is 0 Å². The fourth-order valence-corrected chi connectivity index (χ4v) is 3.25. The van der Waals surface area contributed by atoms with E-state index in [0.29, 0.717) is 18.1 Å². The first-order valence-electron chi connectivity index (χ1n) is 9.14. The van der Waals surface area contributed by atoms with Gasteiger partial charge in [-0.05, 0) is 29.9 Å². The van der Waals surface area contributed by atoms with E-state index in [2.05, 4.69) is 79.4 Å². The van der Waals surface area contributed by atoms with E-state index in [9.17, 15) is 0 Å². The van der Waals surface area contributed by atoms with Gasteiger partial charge in [-0.25, -0.2) is 0 Å². The highest BCUT2D eigenvalue weighted by Gasteiger charge is 2.34. The molecule has 1 aliphatic carbocycles. The van der Waals surface area contributed by atoms with Crippen molar-refractivity contribution in [1.29, 1.82) is 0 Å². The lowest BCUT2D eigenvalue weighted by atomic mass is 9.87. The van der Waals surface area contributed by atoms with Crippen LogP contribution in [0.4, 0.5) is 0 Å². The lowest BCUT2D eigenvalue weighted by molar-refractivity contribution is -0.0632. The summed E-state index contributed by atoms with van der Waals surface area (Å²) in [6.07, 6.45) is 2.77. The third-order valence-electron chi connectivity index (χ3n) is 4.71. The van der Waals surface area contributed by atoms with E-state index in [1.54, 1.807) is 0 Å². The first-order chi connectivity index (χ1) is 11.7. The summed E-state index contributed by atoms with van der Waals surface area (Å²) in [7, 11) is 0. The van der Waals surface area contributed by atoms with Crippen molar-refractivity contribution in [3.05, 3.63) is 71.8 Å². The van der Waals surface area contributed by atoms with Gasteiger partial charge in [-0.1, -0.05) is 74.5 Å². The molecule has 0 radical (unpaired) electrons. The maximum absolute atomic E-state index is 5.99. The highest BCUT2D eigenvalue weighted by Crippen LogP contribution is 2.31. The Hall–Kier alpha value is -1.64. The van der Waals surface area contributed by atoms with Crippen molar-refractivity contribution in [2.45, 2.75) is 51.9 Å². The highest BCUT2D eigenvalue weighted by molar-refractivity contribution is 5.17. The summed E-state index contributed by atoms with van der Waals surface area (Å²) in [4.78, 5) is 2.61. The first-order valence-corrected chi connectivity index (χ1v) is 9.14. The number of rotatable bonds is 8. The molecule has 1 saturated carbocycles. The molecular formula is C22H29NO. The number of hydrogen-bond donors (Lipinski definition) is 0. The van der Waals surface area contributed by atoms with Gasteiger partial charge in [0.1, 0.15) is 0 Å². The molecule has 2 nitrogen and oxygen atoms in total. The van der Waals surface area contributed by atoms with Crippen molar-refractivity contribution in [2.75, 3.05) is 6.61 Å². The van der Waals surface area contributed by atoms with Gasteiger partial charge in [0, 0.05) is 25.7 Å². The fourth-order valence-electron chi connectivity index (χ4n) is 3.25. The predicted octanol–water partition coefficient (Wildman–Crippen LogP) is 4.89. The molecule has 0 heterocycles. The molecule has 2 aromatic carbocycles. The minimum atomic E-state index is 0.450. The minimum absolute atomic E-state index is 0.450. The molecule has 1 fully saturated rings. The smallest absolute Gasteiger partial charge is 0.0605 e. The van der Waals surface area contributed by atoms with Crippen molar-refractivity contribution in [1.82, 2.24) is 4.90 Å². The summed E-state index contributed by atoms with van der Waals surface area (Å²) < 4.78 is 5.99. The Balaban J connectivity index is 1.60. The predicted molar refractivity (Wildman–Crippen MR) is 99.7 cm³/mol. The van der Waals surface area contributed by atoms with Crippen LogP contribution >= 0.6 is 0 Å². The molecule has 0 unspecified atom stereocenters. The van der Waals surface area contributed by atoms with Crippen LogP contribution in [-0.2, 0) is 17.8 Å². The molecule has 2 heteroatoms. The second-order valence-corrected chi connectivity index (χ2v) is 7.35. The average Bonchev–Trinajstić information content (AvgIpc) is 2.55. The van der Waals surface area contributed by atoms with E-state index in [0.717, 1.165) is 32.5 Å². The van der Waals surface area contributed by atoms with Gasteiger partial charge in [0.05, 0.1) is 6.10 Å². The summed E-state index contributed by atoms with van der Waals surface area (Å²) >= 11 is 0. The summed E-state index contributed by atoms with van der Waals surface area (Å²) in [6, 6.07) is 22.2. The van der Waals surface area contributed by atoms with E-state index in [1.807, 2.05) is 0 Å². The number of nitrogens with zero attached hydrogens (tertiary/aromatic N) is 1. The van der Waals surface area contributed by atoms with Crippen molar-refractivity contribution >= 4 is 0 Å². The largest absolute Gasteiger partial charge is 0.378 e. The maximum Gasteiger partial charge on any atom is 0.0605 e. The van der Waals surface area contributed by atoms with Gasteiger partial charge >= 0.3 is 0 Å². The molecule has 0 spiro atoms. The Bertz CT molecular complexity index is 548. The van der Waals surface area contributed by atoms with Crippen LogP contribution in [0.2, 0.25) is 0 Å². The van der Waals surface area contributed by atoms with Crippen LogP contribution in [0.1, 0.15) is 37.8 Å². The number of benzene rings is 2. The lowest BCUT2D eigenvalue weighted by Crippen LogP contribution is -2.47. The van der Waals surface area contributed by atoms with Crippen LogP contribution in [0.3, 0.4) is 0 Å². The normalized spacial score (nSPS) is 20.3. The van der Waals surface area contributed by atoms with Gasteiger partial charge in [0.25, 0.3) is 0 Å². The molecule has 0 aromatic heterocycles. The Kier molecular flexibility index (Phi) is 6.06. The molecule has 0 N–H and O–H groups in total. The zero-order chi connectivity index (χ0) is 16.8. The van der Waals surface area contributed by atoms with Crippen molar-refractivity contribution in [3.63, 3.8) is 0 Å². The second-order valence-electron chi connectivity index (χ2n) is 7.35. The molecule has 1 aliphatic rings. The van der Waals surface area contributed by atoms with Gasteiger partial charge in [-0.3, -0.25) is 4.90 Å². The topological polar surface area (TPSA) is 12.5 Å². The third kappa shape index (κ3) is 4.93. The summed E-state index contributed by atoms with van der Waals surface area (Å²) in [6.45, 7) is 7.34. The summed E-state index contributed by atoms with van der Waals surface area (Å²) in [5.74, 6) is 0.619. The zero-order valence-electron chi connectivity index (χ0n) is 14.9. The molecule has 0 atom stereocenters. The van der Waals surface area contributed by atoms with Gasteiger partial charge in [0.2, 0.25) is 0 Å². The Morgan fingerprint density at radius 1 is 0.875 bits per heavy atom. The molecule has 3 rings (SSSR count). The molecule has 0 aliphatic heterocycles. The van der Waals surface area contributed by atoms with Crippen LogP contribution in [0.15, 0.2) is 60.7 Å². The zero-order valence-corrected chi connectivity index (χ0v) is 14.9. The molecule has 0 saturated heterocycles. The quantitative estimate of drug-likeness (QED) is 0.685. The average molecular weight is 323 g/mol. The highest BCUT2D eigenvalue weighted by atomic mass is 16.5. The van der Waals surface area contributed by atoms with Crippen molar-refractivity contribution in [3.8, 4) is 0 Å². The van der Waals surface area contributed by atoms with Crippen molar-refractivity contribution in [2.24, 2.45) is 5.92 Å². The second kappa shape index (κ2) is 8.46. The van der Waals surface area contributed by atoms with Crippen LogP contribution in [0, 0.1) is 5.92 Å². The van der Waals surface area contributed by atoms with E-state index < -0.39 is 0 Å². The Morgan fingerprint density at radius 3 is 1.83 bits per heavy atom. The summed E-state index contributed by atoms with van der Waals surface area (Å²) in [5, 5.41) is 0. The minimum Gasteiger partial charge on any atom is -0.378 e. The first kappa shape index (κ1) is 17.2.